The van der Waals surface area contributed by atoms with Gasteiger partial charge in [0.1, 0.15) is 0 Å². The van der Waals surface area contributed by atoms with Gasteiger partial charge in [0.15, 0.2) is 0 Å². The molecule has 2 aliphatic rings. The first kappa shape index (κ1) is 13.8. The molecule has 0 spiro atoms. The zero-order valence-corrected chi connectivity index (χ0v) is 10.4. The lowest BCUT2D eigenvalue weighted by atomic mass is 10.0. The first-order chi connectivity index (χ1) is 8.86. The number of carbonyl (C=O) groups excluding carboxylic acids is 2. The van der Waals surface area contributed by atoms with Gasteiger partial charge in [-0.1, -0.05) is 0 Å². The lowest BCUT2D eigenvalue weighted by Gasteiger charge is -2.30. The van der Waals surface area contributed by atoms with Crippen LogP contribution >= 0.6 is 0 Å². The summed E-state index contributed by atoms with van der Waals surface area (Å²) in [4.78, 5) is 39.7. The molecule has 0 bridgehead atoms. The van der Waals surface area contributed by atoms with Gasteiger partial charge >= 0.3 is 17.7 Å². The fourth-order valence-corrected chi connectivity index (χ4v) is 2.27. The molecule has 2 aliphatic heterocycles. The number of ether oxygens (including phenoxy) is 1. The van der Waals surface area contributed by atoms with Crippen molar-refractivity contribution >= 4 is 17.8 Å². The van der Waals surface area contributed by atoms with Gasteiger partial charge in [-0.3, -0.25) is 14.4 Å². The Balaban J connectivity index is 2.19. The van der Waals surface area contributed by atoms with Crippen LogP contribution in [0.4, 0.5) is 0 Å². The van der Waals surface area contributed by atoms with Gasteiger partial charge < -0.3 is 14.9 Å². The standard InChI is InChI=1S/C11H15NO7/c1-6(13)4-7-5-18-12(9(7)15)11(10(16)17)3-2-8(14)19-11/h6-7,13H,2-5H2,1H3,(H,16,17). The highest BCUT2D eigenvalue weighted by Gasteiger charge is 2.58. The normalized spacial score (nSPS) is 32.5. The van der Waals surface area contributed by atoms with Crippen LogP contribution in [0.15, 0.2) is 0 Å². The van der Waals surface area contributed by atoms with E-state index < -0.39 is 35.6 Å². The molecule has 1 amide bonds. The van der Waals surface area contributed by atoms with E-state index in [2.05, 4.69) is 0 Å². The van der Waals surface area contributed by atoms with Crippen molar-refractivity contribution in [2.45, 2.75) is 38.0 Å². The van der Waals surface area contributed by atoms with Gasteiger partial charge in [-0.25, -0.2) is 4.79 Å². The molecule has 2 N–H and O–H groups in total. The predicted molar refractivity (Wildman–Crippen MR) is 58.3 cm³/mol. The number of carboxylic acid groups (broad SMARTS) is 1. The van der Waals surface area contributed by atoms with Gasteiger partial charge in [0.05, 0.1) is 25.0 Å². The van der Waals surface area contributed by atoms with Crippen molar-refractivity contribution in [3.05, 3.63) is 0 Å². The van der Waals surface area contributed by atoms with Gasteiger partial charge in [-0.15, -0.1) is 0 Å². The van der Waals surface area contributed by atoms with E-state index in [1.54, 1.807) is 0 Å². The minimum atomic E-state index is -2.07. The molecule has 0 saturated carbocycles. The molecule has 8 nitrogen and oxygen atoms in total. The third kappa shape index (κ3) is 2.28. The minimum Gasteiger partial charge on any atom is -0.477 e. The fraction of sp³-hybridized carbons (Fsp3) is 0.727. The number of esters is 1. The van der Waals surface area contributed by atoms with E-state index >= 15 is 0 Å². The van der Waals surface area contributed by atoms with Crippen LogP contribution in [0.5, 0.6) is 0 Å². The molecule has 2 fully saturated rings. The molecule has 0 aliphatic carbocycles. The Morgan fingerprint density at radius 3 is 2.74 bits per heavy atom. The molecule has 2 saturated heterocycles. The average molecular weight is 273 g/mol. The number of nitrogens with zero attached hydrogens (tertiary/aromatic N) is 1. The predicted octanol–water partition coefficient (Wildman–Crippen LogP) is -0.735. The average Bonchev–Trinajstić information content (AvgIpc) is 2.85. The van der Waals surface area contributed by atoms with Crippen LogP contribution in [0.1, 0.15) is 26.2 Å². The topological polar surface area (TPSA) is 113 Å². The third-order valence-corrected chi connectivity index (χ3v) is 3.19. The van der Waals surface area contributed by atoms with E-state index in [9.17, 15) is 24.6 Å². The van der Waals surface area contributed by atoms with Crippen LogP contribution in [-0.4, -0.2) is 51.6 Å². The van der Waals surface area contributed by atoms with Crippen molar-refractivity contribution in [3.8, 4) is 0 Å². The maximum atomic E-state index is 12.1. The second-order valence-corrected chi connectivity index (χ2v) is 4.77. The lowest BCUT2D eigenvalue weighted by Crippen LogP contribution is -2.55. The molecule has 2 heterocycles. The Morgan fingerprint density at radius 1 is 1.58 bits per heavy atom. The molecule has 0 aromatic heterocycles. The third-order valence-electron chi connectivity index (χ3n) is 3.19. The van der Waals surface area contributed by atoms with Crippen molar-refractivity contribution in [2.24, 2.45) is 5.92 Å². The Labute approximate surface area is 108 Å². The van der Waals surface area contributed by atoms with Crippen molar-refractivity contribution in [2.75, 3.05) is 6.61 Å². The number of carboxylic acids is 1. The molecular weight excluding hydrogens is 258 g/mol. The summed E-state index contributed by atoms with van der Waals surface area (Å²) in [7, 11) is 0. The van der Waals surface area contributed by atoms with Crippen LogP contribution in [0, 0.1) is 5.92 Å². The monoisotopic (exact) mass is 273 g/mol. The quantitative estimate of drug-likeness (QED) is 0.649. The second kappa shape index (κ2) is 4.78. The fourth-order valence-electron chi connectivity index (χ4n) is 2.27. The molecular formula is C11H15NO7. The molecule has 19 heavy (non-hydrogen) atoms. The zero-order valence-electron chi connectivity index (χ0n) is 10.4. The molecule has 106 valence electrons. The van der Waals surface area contributed by atoms with E-state index in [0.717, 1.165) is 0 Å². The number of aliphatic hydroxyl groups is 1. The van der Waals surface area contributed by atoms with Crippen molar-refractivity contribution in [1.82, 2.24) is 5.06 Å². The Kier molecular flexibility index (Phi) is 3.46. The highest BCUT2D eigenvalue weighted by molar-refractivity contribution is 5.91. The molecule has 3 unspecified atom stereocenters. The minimum absolute atomic E-state index is 0.0314. The van der Waals surface area contributed by atoms with E-state index in [0.29, 0.717) is 5.06 Å². The molecule has 0 aromatic rings. The van der Waals surface area contributed by atoms with Gasteiger partial charge in [0.2, 0.25) is 0 Å². The van der Waals surface area contributed by atoms with Crippen LogP contribution in [0.3, 0.4) is 0 Å². The van der Waals surface area contributed by atoms with Gasteiger partial charge in [0.25, 0.3) is 5.91 Å². The summed E-state index contributed by atoms with van der Waals surface area (Å²) < 4.78 is 4.80. The second-order valence-electron chi connectivity index (χ2n) is 4.77. The van der Waals surface area contributed by atoms with Crippen LogP contribution < -0.4 is 0 Å². The molecule has 3 atom stereocenters. The van der Waals surface area contributed by atoms with Crippen molar-refractivity contribution < 1.29 is 34.2 Å². The Hall–Kier alpha value is -1.67. The Morgan fingerprint density at radius 2 is 2.26 bits per heavy atom. The van der Waals surface area contributed by atoms with Crippen LogP contribution in [-0.2, 0) is 24.0 Å². The maximum Gasteiger partial charge on any atom is 0.372 e. The number of amides is 1. The van der Waals surface area contributed by atoms with Crippen LogP contribution in [0.2, 0.25) is 0 Å². The number of aliphatic carboxylic acids is 1. The highest BCUT2D eigenvalue weighted by Crippen LogP contribution is 2.36. The zero-order chi connectivity index (χ0) is 14.2. The van der Waals surface area contributed by atoms with Crippen molar-refractivity contribution in [1.29, 1.82) is 0 Å². The summed E-state index contributed by atoms with van der Waals surface area (Å²) >= 11 is 0. The molecule has 8 heteroatoms. The lowest BCUT2D eigenvalue weighted by molar-refractivity contribution is -0.256. The summed E-state index contributed by atoms with van der Waals surface area (Å²) in [5, 5.41) is 19.1. The molecule has 0 aromatic carbocycles. The van der Waals surface area contributed by atoms with E-state index in [1.165, 1.54) is 6.92 Å². The van der Waals surface area contributed by atoms with Crippen LogP contribution in [0.25, 0.3) is 0 Å². The largest absolute Gasteiger partial charge is 0.477 e. The smallest absolute Gasteiger partial charge is 0.372 e. The summed E-state index contributed by atoms with van der Waals surface area (Å²) in [5.41, 5.74) is -2.07. The highest BCUT2D eigenvalue weighted by atomic mass is 16.7. The number of carbonyl (C=O) groups is 3. The maximum absolute atomic E-state index is 12.1. The van der Waals surface area contributed by atoms with Crippen molar-refractivity contribution in [3.63, 3.8) is 0 Å². The SMILES string of the molecule is CC(O)CC1CON(C2(C(=O)O)CCC(=O)O2)C1=O. The number of cyclic esters (lactones) is 1. The molecule has 2 rings (SSSR count). The van der Waals surface area contributed by atoms with E-state index in [1.807, 2.05) is 0 Å². The summed E-state index contributed by atoms with van der Waals surface area (Å²) in [6.45, 7) is 1.49. The first-order valence-electron chi connectivity index (χ1n) is 5.97. The number of rotatable bonds is 4. The van der Waals surface area contributed by atoms with Gasteiger partial charge in [-0.05, 0) is 13.3 Å². The number of hydroxylamine groups is 2. The molecule has 0 radical (unpaired) electrons. The van der Waals surface area contributed by atoms with Gasteiger partial charge in [-0.2, -0.15) is 5.06 Å². The summed E-state index contributed by atoms with van der Waals surface area (Å²) in [6, 6.07) is 0. The number of hydrogen-bond donors (Lipinski definition) is 2. The summed E-state index contributed by atoms with van der Waals surface area (Å²) in [5.74, 6) is -3.34. The number of hydrogen-bond acceptors (Lipinski definition) is 6. The van der Waals surface area contributed by atoms with Gasteiger partial charge in [0, 0.05) is 6.42 Å². The van der Waals surface area contributed by atoms with E-state index in [4.69, 9.17) is 9.57 Å². The summed E-state index contributed by atoms with van der Waals surface area (Å²) in [6.07, 6.45) is -0.766. The first-order valence-corrected chi connectivity index (χ1v) is 5.97. The number of aliphatic hydroxyl groups excluding tert-OH is 1. The van der Waals surface area contributed by atoms with E-state index in [-0.39, 0.29) is 25.9 Å². The Bertz CT molecular complexity index is 421.